The van der Waals surface area contributed by atoms with Gasteiger partial charge in [-0.1, -0.05) is 30.4 Å². The van der Waals surface area contributed by atoms with E-state index < -0.39 is 0 Å². The molecule has 1 aromatic heterocycles. The van der Waals surface area contributed by atoms with Gasteiger partial charge in [-0.3, -0.25) is 9.78 Å². The molecule has 1 aliphatic heterocycles. The monoisotopic (exact) mass is 336 g/mol. The van der Waals surface area contributed by atoms with E-state index in [-0.39, 0.29) is 12.0 Å². The highest BCUT2D eigenvalue weighted by Gasteiger charge is 2.29. The predicted octanol–water partition coefficient (Wildman–Crippen LogP) is 3.96. The second-order valence-corrected chi connectivity index (χ2v) is 6.96. The van der Waals surface area contributed by atoms with E-state index in [4.69, 9.17) is 4.74 Å². The number of allylic oxidation sites excluding steroid dienone is 2. The van der Waals surface area contributed by atoms with E-state index in [1.165, 1.54) is 0 Å². The fourth-order valence-corrected chi connectivity index (χ4v) is 3.82. The minimum Gasteiger partial charge on any atom is -0.488 e. The molecule has 1 aromatic carbocycles. The molecule has 2 aliphatic rings. The van der Waals surface area contributed by atoms with Gasteiger partial charge in [-0.25, -0.2) is 0 Å². The largest absolute Gasteiger partial charge is 0.488 e. The number of rotatable bonds is 3. The summed E-state index contributed by atoms with van der Waals surface area (Å²) in [6, 6.07) is 10.0. The molecule has 2 heterocycles. The van der Waals surface area contributed by atoms with Gasteiger partial charge >= 0.3 is 0 Å². The summed E-state index contributed by atoms with van der Waals surface area (Å²) < 4.78 is 6.23. The molecule has 4 nitrogen and oxygen atoms in total. The van der Waals surface area contributed by atoms with Crippen molar-refractivity contribution in [2.24, 2.45) is 5.92 Å². The predicted molar refractivity (Wildman–Crippen MR) is 98.5 cm³/mol. The minimum absolute atomic E-state index is 0.155. The van der Waals surface area contributed by atoms with E-state index in [0.29, 0.717) is 5.91 Å². The van der Waals surface area contributed by atoms with E-state index in [9.17, 15) is 4.79 Å². The Morgan fingerprint density at radius 3 is 2.72 bits per heavy atom. The van der Waals surface area contributed by atoms with Crippen molar-refractivity contribution in [2.75, 3.05) is 13.1 Å². The van der Waals surface area contributed by atoms with Crippen LogP contribution in [-0.2, 0) is 4.79 Å². The molecule has 0 spiro atoms. The van der Waals surface area contributed by atoms with Crippen molar-refractivity contribution in [1.82, 2.24) is 9.88 Å². The molecule has 2 aromatic rings. The van der Waals surface area contributed by atoms with Crippen LogP contribution < -0.4 is 4.74 Å². The van der Waals surface area contributed by atoms with Crippen LogP contribution in [0.4, 0.5) is 0 Å². The van der Waals surface area contributed by atoms with E-state index in [1.807, 2.05) is 23.1 Å². The number of hydrogen-bond donors (Lipinski definition) is 0. The average molecular weight is 336 g/mol. The van der Waals surface area contributed by atoms with Gasteiger partial charge in [-0.15, -0.1) is 0 Å². The van der Waals surface area contributed by atoms with Crippen molar-refractivity contribution in [3.8, 4) is 5.75 Å². The van der Waals surface area contributed by atoms with Gasteiger partial charge < -0.3 is 9.64 Å². The number of carbonyl (C=O) groups excluding carboxylic acids is 1. The molecule has 4 heteroatoms. The lowest BCUT2D eigenvalue weighted by atomic mass is 9.92. The number of hydrogen-bond acceptors (Lipinski definition) is 3. The average Bonchev–Trinajstić information content (AvgIpc) is 2.69. The van der Waals surface area contributed by atoms with Crippen LogP contribution in [0.15, 0.2) is 48.7 Å². The topological polar surface area (TPSA) is 42.4 Å². The Labute approximate surface area is 148 Å². The van der Waals surface area contributed by atoms with Gasteiger partial charge in [0.15, 0.2) is 0 Å². The zero-order valence-electron chi connectivity index (χ0n) is 14.4. The van der Waals surface area contributed by atoms with Crippen LogP contribution in [0.25, 0.3) is 10.9 Å². The number of piperidine rings is 1. The summed E-state index contributed by atoms with van der Waals surface area (Å²) in [5, 5.41) is 1.10. The van der Waals surface area contributed by atoms with Gasteiger partial charge in [0.1, 0.15) is 17.4 Å². The molecule has 1 fully saturated rings. The van der Waals surface area contributed by atoms with E-state index >= 15 is 0 Å². The van der Waals surface area contributed by atoms with Crippen LogP contribution in [-0.4, -0.2) is 35.0 Å². The van der Waals surface area contributed by atoms with Gasteiger partial charge in [0.05, 0.1) is 0 Å². The number of pyridine rings is 1. The van der Waals surface area contributed by atoms with Crippen molar-refractivity contribution in [3.63, 3.8) is 0 Å². The highest BCUT2D eigenvalue weighted by atomic mass is 16.5. The lowest BCUT2D eigenvalue weighted by molar-refractivity contribution is -0.137. The van der Waals surface area contributed by atoms with E-state index in [0.717, 1.165) is 61.8 Å². The maximum Gasteiger partial charge on any atom is 0.226 e. The molecule has 1 aliphatic carbocycles. The summed E-state index contributed by atoms with van der Waals surface area (Å²) in [4.78, 5) is 19.1. The lowest BCUT2D eigenvalue weighted by Gasteiger charge is -2.34. The molecule has 0 N–H and O–H groups in total. The second-order valence-electron chi connectivity index (χ2n) is 6.96. The first kappa shape index (κ1) is 16.1. The molecule has 25 heavy (non-hydrogen) atoms. The molecule has 0 radical (unpaired) electrons. The Bertz CT molecular complexity index is 773. The van der Waals surface area contributed by atoms with Gasteiger partial charge in [0.25, 0.3) is 0 Å². The van der Waals surface area contributed by atoms with E-state index in [1.54, 1.807) is 6.20 Å². The van der Waals surface area contributed by atoms with E-state index in [2.05, 4.69) is 29.3 Å². The van der Waals surface area contributed by atoms with Crippen LogP contribution in [0.2, 0.25) is 0 Å². The quantitative estimate of drug-likeness (QED) is 0.797. The normalized spacial score (nSPS) is 21.4. The fraction of sp³-hybridized carbons (Fsp3) is 0.429. The number of likely N-dealkylation sites (tertiary alicyclic amines) is 1. The van der Waals surface area contributed by atoms with Crippen molar-refractivity contribution in [2.45, 2.75) is 38.2 Å². The molecule has 1 atom stereocenters. The number of ether oxygens (including phenoxy) is 1. The first-order chi connectivity index (χ1) is 12.3. The first-order valence-electron chi connectivity index (χ1n) is 9.25. The van der Waals surface area contributed by atoms with Crippen molar-refractivity contribution in [1.29, 1.82) is 0 Å². The standard InChI is InChI=1S/C21H24N2O2/c24-21(17-6-2-1-3-7-17)23-14-11-18(12-15-23)25-19-10-4-8-16-9-5-13-22-20(16)19/h1-2,4-5,8-10,13,17-18H,3,6-7,11-12,14-15H2. The molecule has 4 rings (SSSR count). The van der Waals surface area contributed by atoms with Crippen LogP contribution in [0.3, 0.4) is 0 Å². The zero-order chi connectivity index (χ0) is 17.1. The first-order valence-corrected chi connectivity index (χ1v) is 9.25. The number of fused-ring (bicyclic) bond motifs is 1. The highest BCUT2D eigenvalue weighted by Crippen LogP contribution is 2.27. The molecule has 1 unspecified atom stereocenters. The maximum atomic E-state index is 12.6. The SMILES string of the molecule is O=C(C1CC=CCC1)N1CCC(Oc2cccc3cccnc23)CC1. The Morgan fingerprint density at radius 1 is 1.08 bits per heavy atom. The van der Waals surface area contributed by atoms with Crippen molar-refractivity contribution >= 4 is 16.8 Å². The summed E-state index contributed by atoms with van der Waals surface area (Å²) in [5.41, 5.74) is 0.914. The Hall–Kier alpha value is -2.36. The van der Waals surface area contributed by atoms with Crippen molar-refractivity contribution < 1.29 is 9.53 Å². The summed E-state index contributed by atoms with van der Waals surface area (Å²) in [7, 11) is 0. The van der Waals surface area contributed by atoms with Crippen molar-refractivity contribution in [3.05, 3.63) is 48.7 Å². The number of amides is 1. The Morgan fingerprint density at radius 2 is 1.92 bits per heavy atom. The number of para-hydroxylation sites is 1. The third-order valence-electron chi connectivity index (χ3n) is 5.26. The van der Waals surface area contributed by atoms with Gasteiger partial charge in [0.2, 0.25) is 5.91 Å². The second kappa shape index (κ2) is 7.26. The third kappa shape index (κ3) is 3.53. The number of carbonyl (C=O) groups is 1. The molecule has 0 bridgehead atoms. The van der Waals surface area contributed by atoms with Gasteiger partial charge in [-0.05, 0) is 31.4 Å². The zero-order valence-corrected chi connectivity index (χ0v) is 14.4. The maximum absolute atomic E-state index is 12.6. The molecule has 0 saturated carbocycles. The number of benzene rings is 1. The third-order valence-corrected chi connectivity index (χ3v) is 5.26. The summed E-state index contributed by atoms with van der Waals surface area (Å²) in [6.07, 6.45) is 11.0. The van der Waals surface area contributed by atoms with Crippen LogP contribution in [0, 0.1) is 5.92 Å². The Balaban J connectivity index is 1.37. The molecule has 1 saturated heterocycles. The molecular formula is C21H24N2O2. The smallest absolute Gasteiger partial charge is 0.226 e. The van der Waals surface area contributed by atoms with Gasteiger partial charge in [0, 0.05) is 43.4 Å². The minimum atomic E-state index is 0.155. The fourth-order valence-electron chi connectivity index (χ4n) is 3.82. The molecular weight excluding hydrogens is 312 g/mol. The van der Waals surface area contributed by atoms with Gasteiger partial charge in [-0.2, -0.15) is 0 Å². The van der Waals surface area contributed by atoms with Crippen LogP contribution >= 0.6 is 0 Å². The molecule has 1 amide bonds. The summed E-state index contributed by atoms with van der Waals surface area (Å²) in [6.45, 7) is 1.59. The van der Waals surface area contributed by atoms with Crippen LogP contribution in [0.1, 0.15) is 32.1 Å². The lowest BCUT2D eigenvalue weighted by Crippen LogP contribution is -2.44. The summed E-state index contributed by atoms with van der Waals surface area (Å²) >= 11 is 0. The van der Waals surface area contributed by atoms with Crippen LogP contribution in [0.5, 0.6) is 5.75 Å². The summed E-state index contributed by atoms with van der Waals surface area (Å²) in [5.74, 6) is 1.36. The molecule has 130 valence electrons. The highest BCUT2D eigenvalue weighted by molar-refractivity contribution is 5.84. The number of aromatic nitrogens is 1. The Kier molecular flexibility index (Phi) is 4.68. The number of nitrogens with zero attached hydrogens (tertiary/aromatic N) is 2.